The Kier molecular flexibility index (Phi) is 2.41. The summed E-state index contributed by atoms with van der Waals surface area (Å²) in [4.78, 5) is 12.4. The van der Waals surface area contributed by atoms with Crippen LogP contribution in [0.25, 0.3) is 0 Å². The molecule has 0 fully saturated rings. The van der Waals surface area contributed by atoms with Crippen molar-refractivity contribution < 1.29 is 14.3 Å². The first kappa shape index (κ1) is 9.71. The summed E-state index contributed by atoms with van der Waals surface area (Å²) in [5, 5.41) is 8.67. The maximum absolute atomic E-state index is 13.5. The Hall–Kier alpha value is -1.84. The zero-order chi connectivity index (χ0) is 10.8. The summed E-state index contributed by atoms with van der Waals surface area (Å²) in [5.41, 5.74) is 0.424. The Morgan fingerprint density at radius 3 is 2.53 bits per heavy atom. The van der Waals surface area contributed by atoms with Gasteiger partial charge < -0.3 is 10.0 Å². The standard InChI is InChI=1S/C11H10FNO2/c12-9-7-8(11(14)15)3-4-10(9)13-5-1-2-6-13/h1-4,7H,5-6H2,(H,14,15). The Balaban J connectivity index is 2.30. The molecule has 0 spiro atoms. The molecule has 0 aromatic heterocycles. The number of nitrogens with zero attached hydrogens (tertiary/aromatic N) is 1. The first-order valence-electron chi connectivity index (χ1n) is 4.61. The van der Waals surface area contributed by atoms with Crippen LogP contribution in [0.1, 0.15) is 10.4 Å². The molecule has 2 rings (SSSR count). The molecule has 78 valence electrons. The summed E-state index contributed by atoms with van der Waals surface area (Å²) in [6.07, 6.45) is 3.90. The van der Waals surface area contributed by atoms with E-state index in [1.165, 1.54) is 12.1 Å². The van der Waals surface area contributed by atoms with Crippen molar-refractivity contribution in [2.45, 2.75) is 0 Å². The fraction of sp³-hybridized carbons (Fsp3) is 0.182. The molecule has 0 aliphatic carbocycles. The minimum Gasteiger partial charge on any atom is -0.478 e. The molecule has 0 saturated heterocycles. The lowest BCUT2D eigenvalue weighted by Gasteiger charge is -2.18. The lowest BCUT2D eigenvalue weighted by Crippen LogP contribution is -2.20. The average molecular weight is 207 g/mol. The van der Waals surface area contributed by atoms with Gasteiger partial charge in [-0.05, 0) is 18.2 Å². The number of halogens is 1. The van der Waals surface area contributed by atoms with Crippen LogP contribution in [-0.4, -0.2) is 24.2 Å². The fourth-order valence-corrected chi connectivity index (χ4v) is 1.57. The molecule has 1 aromatic carbocycles. The number of hydrogen-bond donors (Lipinski definition) is 1. The van der Waals surface area contributed by atoms with Crippen molar-refractivity contribution in [2.24, 2.45) is 0 Å². The number of aromatic carboxylic acids is 1. The van der Waals surface area contributed by atoms with Gasteiger partial charge in [-0.25, -0.2) is 9.18 Å². The van der Waals surface area contributed by atoms with Crippen molar-refractivity contribution in [2.75, 3.05) is 18.0 Å². The number of carbonyl (C=O) groups is 1. The van der Waals surface area contributed by atoms with Gasteiger partial charge in [0.15, 0.2) is 0 Å². The van der Waals surface area contributed by atoms with Gasteiger partial charge in [-0.2, -0.15) is 0 Å². The van der Waals surface area contributed by atoms with Crippen LogP contribution in [-0.2, 0) is 0 Å². The third-order valence-electron chi connectivity index (χ3n) is 2.35. The second-order valence-corrected chi connectivity index (χ2v) is 3.35. The van der Waals surface area contributed by atoms with E-state index in [0.29, 0.717) is 18.8 Å². The summed E-state index contributed by atoms with van der Waals surface area (Å²) in [5.74, 6) is -1.60. The molecule has 1 aromatic rings. The molecular weight excluding hydrogens is 197 g/mol. The molecule has 0 unspecified atom stereocenters. The van der Waals surface area contributed by atoms with E-state index in [4.69, 9.17) is 5.11 Å². The smallest absolute Gasteiger partial charge is 0.335 e. The fourth-order valence-electron chi connectivity index (χ4n) is 1.57. The van der Waals surface area contributed by atoms with E-state index in [1.54, 1.807) is 0 Å². The van der Waals surface area contributed by atoms with E-state index in [1.807, 2.05) is 17.1 Å². The number of carboxylic acid groups (broad SMARTS) is 1. The maximum Gasteiger partial charge on any atom is 0.335 e. The molecular formula is C11H10FNO2. The quantitative estimate of drug-likeness (QED) is 0.753. The second-order valence-electron chi connectivity index (χ2n) is 3.35. The Labute approximate surface area is 86.4 Å². The van der Waals surface area contributed by atoms with Crippen LogP contribution >= 0.6 is 0 Å². The lowest BCUT2D eigenvalue weighted by atomic mass is 10.2. The van der Waals surface area contributed by atoms with Crippen molar-refractivity contribution in [1.29, 1.82) is 0 Å². The monoisotopic (exact) mass is 207 g/mol. The van der Waals surface area contributed by atoms with Gasteiger partial charge in [0, 0.05) is 13.1 Å². The van der Waals surface area contributed by atoms with Gasteiger partial charge in [0.05, 0.1) is 11.3 Å². The average Bonchev–Trinajstić information content (AvgIpc) is 2.70. The van der Waals surface area contributed by atoms with Crippen molar-refractivity contribution in [3.05, 3.63) is 41.7 Å². The molecule has 0 radical (unpaired) electrons. The first-order valence-corrected chi connectivity index (χ1v) is 4.61. The normalized spacial score (nSPS) is 14.6. The van der Waals surface area contributed by atoms with Gasteiger partial charge in [-0.1, -0.05) is 12.2 Å². The molecule has 1 heterocycles. The van der Waals surface area contributed by atoms with E-state index < -0.39 is 11.8 Å². The van der Waals surface area contributed by atoms with E-state index in [-0.39, 0.29) is 5.56 Å². The zero-order valence-corrected chi connectivity index (χ0v) is 7.98. The van der Waals surface area contributed by atoms with E-state index in [2.05, 4.69) is 0 Å². The van der Waals surface area contributed by atoms with Crippen LogP contribution < -0.4 is 4.90 Å². The number of anilines is 1. The predicted octanol–water partition coefficient (Wildman–Crippen LogP) is 1.90. The van der Waals surface area contributed by atoms with Gasteiger partial charge in [0.2, 0.25) is 0 Å². The molecule has 4 heteroatoms. The van der Waals surface area contributed by atoms with Crippen molar-refractivity contribution in [3.63, 3.8) is 0 Å². The first-order chi connectivity index (χ1) is 7.18. The highest BCUT2D eigenvalue weighted by Crippen LogP contribution is 2.22. The summed E-state index contributed by atoms with van der Waals surface area (Å²) >= 11 is 0. The summed E-state index contributed by atoms with van der Waals surface area (Å²) < 4.78 is 13.5. The highest BCUT2D eigenvalue weighted by molar-refractivity contribution is 5.88. The highest BCUT2D eigenvalue weighted by Gasteiger charge is 2.14. The number of benzene rings is 1. The minimum atomic E-state index is -1.11. The SMILES string of the molecule is O=C(O)c1ccc(N2CC=CC2)c(F)c1. The molecule has 1 N–H and O–H groups in total. The second kappa shape index (κ2) is 3.73. The molecule has 0 atom stereocenters. The van der Waals surface area contributed by atoms with E-state index in [9.17, 15) is 9.18 Å². The molecule has 1 aliphatic heterocycles. The van der Waals surface area contributed by atoms with Crippen molar-refractivity contribution in [3.8, 4) is 0 Å². The van der Waals surface area contributed by atoms with Gasteiger partial charge in [0.1, 0.15) is 5.82 Å². The Morgan fingerprint density at radius 2 is 2.00 bits per heavy atom. The van der Waals surface area contributed by atoms with Crippen LogP contribution in [0.15, 0.2) is 30.4 Å². The summed E-state index contributed by atoms with van der Waals surface area (Å²) in [7, 11) is 0. The van der Waals surface area contributed by atoms with E-state index in [0.717, 1.165) is 6.07 Å². The van der Waals surface area contributed by atoms with Crippen LogP contribution in [0.4, 0.5) is 10.1 Å². The van der Waals surface area contributed by atoms with Gasteiger partial charge in [-0.15, -0.1) is 0 Å². The largest absolute Gasteiger partial charge is 0.478 e. The van der Waals surface area contributed by atoms with Gasteiger partial charge >= 0.3 is 5.97 Å². The molecule has 0 saturated carbocycles. The van der Waals surface area contributed by atoms with Crippen LogP contribution in [0.3, 0.4) is 0 Å². The number of hydrogen-bond acceptors (Lipinski definition) is 2. The Morgan fingerprint density at radius 1 is 1.33 bits per heavy atom. The van der Waals surface area contributed by atoms with E-state index >= 15 is 0 Å². The molecule has 1 aliphatic rings. The topological polar surface area (TPSA) is 40.5 Å². The molecule has 0 amide bonds. The zero-order valence-electron chi connectivity index (χ0n) is 7.98. The number of rotatable bonds is 2. The predicted molar refractivity (Wildman–Crippen MR) is 54.7 cm³/mol. The van der Waals surface area contributed by atoms with Crippen LogP contribution in [0, 0.1) is 5.82 Å². The van der Waals surface area contributed by atoms with Crippen molar-refractivity contribution >= 4 is 11.7 Å². The molecule has 3 nitrogen and oxygen atoms in total. The van der Waals surface area contributed by atoms with Crippen LogP contribution in [0.2, 0.25) is 0 Å². The number of carboxylic acids is 1. The summed E-state index contributed by atoms with van der Waals surface area (Å²) in [6, 6.07) is 3.97. The summed E-state index contributed by atoms with van der Waals surface area (Å²) in [6.45, 7) is 1.34. The Bertz CT molecular complexity index is 421. The van der Waals surface area contributed by atoms with Crippen LogP contribution in [0.5, 0.6) is 0 Å². The molecule has 0 bridgehead atoms. The third kappa shape index (κ3) is 1.83. The third-order valence-corrected chi connectivity index (χ3v) is 2.35. The van der Waals surface area contributed by atoms with Gasteiger partial charge in [0.25, 0.3) is 0 Å². The lowest BCUT2D eigenvalue weighted by molar-refractivity contribution is 0.0696. The highest BCUT2D eigenvalue weighted by atomic mass is 19.1. The minimum absolute atomic E-state index is 0.0246. The maximum atomic E-state index is 13.5. The van der Waals surface area contributed by atoms with Gasteiger partial charge in [-0.3, -0.25) is 0 Å². The molecule has 15 heavy (non-hydrogen) atoms. The van der Waals surface area contributed by atoms with Crippen molar-refractivity contribution in [1.82, 2.24) is 0 Å².